The number of fused-ring (bicyclic) bond motifs is 1. The Hall–Kier alpha value is -2.59. The fraction of sp³-hybridized carbons (Fsp3) is 0.320. The molecule has 4 heteroatoms. The average Bonchev–Trinajstić information content (AvgIpc) is 3.15. The maximum absolute atomic E-state index is 11.6. The zero-order valence-electron chi connectivity index (χ0n) is 17.4. The molecule has 0 aliphatic heterocycles. The number of unbranched alkanes of at least 4 members (excludes halogenated alkanes) is 2. The second-order valence-corrected chi connectivity index (χ2v) is 8.41. The number of methoxy groups -OCH3 is 1. The summed E-state index contributed by atoms with van der Waals surface area (Å²) in [6, 6.07) is 14.9. The molecule has 0 atom stereocenters. The summed E-state index contributed by atoms with van der Waals surface area (Å²) in [7, 11) is 1.73. The highest BCUT2D eigenvalue weighted by Crippen LogP contribution is 2.39. The van der Waals surface area contributed by atoms with Crippen molar-refractivity contribution >= 4 is 27.4 Å². The summed E-state index contributed by atoms with van der Waals surface area (Å²) in [6.07, 6.45) is 4.78. The van der Waals surface area contributed by atoms with Gasteiger partial charge in [-0.1, -0.05) is 44.5 Å². The third-order valence-corrected chi connectivity index (χ3v) is 6.03. The van der Waals surface area contributed by atoms with E-state index in [1.165, 1.54) is 35.1 Å². The van der Waals surface area contributed by atoms with Gasteiger partial charge in [-0.15, -0.1) is 11.3 Å². The normalized spacial score (nSPS) is 10.9. The van der Waals surface area contributed by atoms with Crippen molar-refractivity contribution in [3.8, 4) is 16.2 Å². The molecule has 0 saturated heterocycles. The first-order valence-electron chi connectivity index (χ1n) is 10.0. The fourth-order valence-corrected chi connectivity index (χ4v) is 4.40. The number of carbonyl (C=O) groups is 1. The molecule has 3 nitrogen and oxygen atoms in total. The lowest BCUT2D eigenvalue weighted by atomic mass is 10.0. The monoisotopic (exact) mass is 408 g/mol. The summed E-state index contributed by atoms with van der Waals surface area (Å²) in [5.74, 6) is 0.557. The zero-order valence-corrected chi connectivity index (χ0v) is 18.2. The predicted molar refractivity (Wildman–Crippen MR) is 122 cm³/mol. The third kappa shape index (κ3) is 5.27. The van der Waals surface area contributed by atoms with Crippen LogP contribution in [-0.4, -0.2) is 13.1 Å². The van der Waals surface area contributed by atoms with E-state index >= 15 is 0 Å². The summed E-state index contributed by atoms with van der Waals surface area (Å²) >= 11 is 1.72. The number of hydrogen-bond donors (Lipinski definition) is 0. The van der Waals surface area contributed by atoms with Crippen molar-refractivity contribution in [3.05, 3.63) is 65.7 Å². The van der Waals surface area contributed by atoms with Gasteiger partial charge in [-0.25, -0.2) is 4.79 Å². The van der Waals surface area contributed by atoms with Gasteiger partial charge in [0.1, 0.15) is 12.4 Å². The number of ether oxygens (including phenoxy) is 2. The molecule has 3 aromatic rings. The quantitative estimate of drug-likeness (QED) is 0.219. The van der Waals surface area contributed by atoms with E-state index in [0.29, 0.717) is 5.57 Å². The number of hydrogen-bond acceptors (Lipinski definition) is 4. The molecule has 1 aromatic heterocycles. The van der Waals surface area contributed by atoms with Gasteiger partial charge in [0.15, 0.2) is 0 Å². The van der Waals surface area contributed by atoms with Crippen LogP contribution in [0.5, 0.6) is 5.75 Å². The van der Waals surface area contributed by atoms with Crippen LogP contribution >= 0.6 is 11.3 Å². The number of aryl methyl sites for hydroxylation is 1. The van der Waals surface area contributed by atoms with Crippen molar-refractivity contribution in [2.75, 3.05) is 7.11 Å². The van der Waals surface area contributed by atoms with Gasteiger partial charge in [-0.2, -0.15) is 0 Å². The number of rotatable bonds is 9. The molecule has 29 heavy (non-hydrogen) atoms. The Morgan fingerprint density at radius 3 is 2.59 bits per heavy atom. The zero-order chi connectivity index (χ0) is 20.8. The van der Waals surface area contributed by atoms with Gasteiger partial charge in [0, 0.05) is 20.7 Å². The molecule has 3 rings (SSSR count). The average molecular weight is 409 g/mol. The lowest BCUT2D eigenvalue weighted by Crippen LogP contribution is -2.04. The van der Waals surface area contributed by atoms with E-state index in [9.17, 15) is 4.79 Å². The molecule has 0 saturated carbocycles. The van der Waals surface area contributed by atoms with Crippen LogP contribution in [0.2, 0.25) is 0 Å². The van der Waals surface area contributed by atoms with Gasteiger partial charge in [0.05, 0.1) is 7.11 Å². The molecule has 0 N–H and O–H groups in total. The SMILES string of the molecule is C=C(C)C(=O)OCc1ccc2cc(-c3ccc(CCCCC)cc3OC)sc2c1. The van der Waals surface area contributed by atoms with Crippen LogP contribution in [-0.2, 0) is 22.6 Å². The van der Waals surface area contributed by atoms with Crippen LogP contribution in [0.15, 0.2) is 54.6 Å². The minimum absolute atomic E-state index is 0.255. The summed E-state index contributed by atoms with van der Waals surface area (Å²) in [6.45, 7) is 7.74. The molecule has 0 aliphatic rings. The Balaban J connectivity index is 1.82. The van der Waals surface area contributed by atoms with Crippen LogP contribution in [0.4, 0.5) is 0 Å². The largest absolute Gasteiger partial charge is 0.496 e. The molecule has 0 unspecified atom stereocenters. The van der Waals surface area contributed by atoms with Crippen LogP contribution in [0.1, 0.15) is 44.2 Å². The van der Waals surface area contributed by atoms with Gasteiger partial charge in [-0.05, 0) is 60.5 Å². The van der Waals surface area contributed by atoms with Crippen molar-refractivity contribution in [2.24, 2.45) is 0 Å². The molecule has 0 radical (unpaired) electrons. The molecule has 0 aliphatic carbocycles. The van der Waals surface area contributed by atoms with Crippen LogP contribution in [0, 0.1) is 0 Å². The molecule has 0 fully saturated rings. The van der Waals surface area contributed by atoms with E-state index in [-0.39, 0.29) is 12.6 Å². The van der Waals surface area contributed by atoms with Crippen molar-refractivity contribution in [2.45, 2.75) is 46.1 Å². The van der Waals surface area contributed by atoms with E-state index in [4.69, 9.17) is 9.47 Å². The highest BCUT2D eigenvalue weighted by atomic mass is 32.1. The van der Waals surface area contributed by atoms with Crippen LogP contribution in [0.3, 0.4) is 0 Å². The first kappa shape index (κ1) is 21.1. The number of esters is 1. The van der Waals surface area contributed by atoms with Gasteiger partial charge in [0.2, 0.25) is 0 Å². The van der Waals surface area contributed by atoms with Gasteiger partial charge >= 0.3 is 5.97 Å². The maximum atomic E-state index is 11.6. The Bertz CT molecular complexity index is 1020. The Labute approximate surface area is 177 Å². The van der Waals surface area contributed by atoms with Crippen molar-refractivity contribution in [3.63, 3.8) is 0 Å². The fourth-order valence-electron chi connectivity index (χ4n) is 3.24. The maximum Gasteiger partial charge on any atom is 0.333 e. The first-order chi connectivity index (χ1) is 14.0. The lowest BCUT2D eigenvalue weighted by Gasteiger charge is -2.09. The van der Waals surface area contributed by atoms with E-state index < -0.39 is 0 Å². The van der Waals surface area contributed by atoms with Gasteiger partial charge < -0.3 is 9.47 Å². The minimum atomic E-state index is -0.360. The third-order valence-electron chi connectivity index (χ3n) is 4.90. The molecule has 0 spiro atoms. The molecule has 1 heterocycles. The highest BCUT2D eigenvalue weighted by Gasteiger charge is 2.12. The second kappa shape index (κ2) is 9.75. The Morgan fingerprint density at radius 2 is 1.86 bits per heavy atom. The molecule has 0 amide bonds. The second-order valence-electron chi connectivity index (χ2n) is 7.33. The van der Waals surface area contributed by atoms with Crippen LogP contribution in [0.25, 0.3) is 20.5 Å². The lowest BCUT2D eigenvalue weighted by molar-refractivity contribution is -0.140. The topological polar surface area (TPSA) is 35.5 Å². The predicted octanol–water partition coefficient (Wildman–Crippen LogP) is 6.93. The highest BCUT2D eigenvalue weighted by molar-refractivity contribution is 7.22. The van der Waals surface area contributed by atoms with Crippen LogP contribution < -0.4 is 4.74 Å². The smallest absolute Gasteiger partial charge is 0.333 e. The van der Waals surface area contributed by atoms with E-state index in [1.54, 1.807) is 25.4 Å². The van der Waals surface area contributed by atoms with E-state index in [1.807, 2.05) is 6.07 Å². The Kier molecular flexibility index (Phi) is 7.10. The van der Waals surface area contributed by atoms with Crippen molar-refractivity contribution in [1.29, 1.82) is 0 Å². The number of benzene rings is 2. The first-order valence-corrected chi connectivity index (χ1v) is 10.9. The Morgan fingerprint density at radius 1 is 1.07 bits per heavy atom. The van der Waals surface area contributed by atoms with E-state index in [0.717, 1.165) is 28.0 Å². The summed E-state index contributed by atoms with van der Waals surface area (Å²) < 4.78 is 12.1. The van der Waals surface area contributed by atoms with E-state index in [2.05, 4.69) is 49.9 Å². The van der Waals surface area contributed by atoms with Crippen molar-refractivity contribution in [1.82, 2.24) is 0 Å². The van der Waals surface area contributed by atoms with Gasteiger partial charge in [-0.3, -0.25) is 0 Å². The number of carbonyl (C=O) groups excluding carboxylic acids is 1. The molecule has 152 valence electrons. The van der Waals surface area contributed by atoms with Gasteiger partial charge in [0.25, 0.3) is 0 Å². The summed E-state index contributed by atoms with van der Waals surface area (Å²) in [4.78, 5) is 12.8. The number of thiophene rings is 1. The summed E-state index contributed by atoms with van der Waals surface area (Å²) in [5, 5.41) is 1.18. The standard InChI is InChI=1S/C25H28O3S/c1-5-6-7-8-18-10-12-21(22(13-18)27-4)24-15-20-11-9-19(14-23(20)29-24)16-28-25(26)17(2)3/h9-15H,2,5-8,16H2,1,3-4H3. The molecule has 2 aromatic carbocycles. The summed E-state index contributed by atoms with van der Waals surface area (Å²) in [5.41, 5.74) is 3.82. The molecule has 0 bridgehead atoms. The van der Waals surface area contributed by atoms with Crippen molar-refractivity contribution < 1.29 is 14.3 Å². The molecular formula is C25H28O3S. The minimum Gasteiger partial charge on any atom is -0.496 e. The molecular weight excluding hydrogens is 380 g/mol.